The summed E-state index contributed by atoms with van der Waals surface area (Å²) in [5.74, 6) is 1.54. The Kier molecular flexibility index (Phi) is 4.93. The lowest BCUT2D eigenvalue weighted by atomic mass is 10.0. The minimum Gasteiger partial charge on any atom is -0.344 e. The van der Waals surface area contributed by atoms with Crippen LogP contribution in [0, 0.1) is 0 Å². The fourth-order valence-corrected chi connectivity index (χ4v) is 2.59. The summed E-state index contributed by atoms with van der Waals surface area (Å²) in [6.45, 7) is 2.02. The first kappa shape index (κ1) is 13.3. The molecule has 2 rings (SSSR count). The van der Waals surface area contributed by atoms with Crippen LogP contribution < -0.4 is 10.2 Å². The Labute approximate surface area is 110 Å². The van der Waals surface area contributed by atoms with E-state index in [2.05, 4.69) is 27.2 Å². The molecule has 1 N–H and O–H groups in total. The third-order valence-corrected chi connectivity index (χ3v) is 3.75. The normalized spacial score (nSPS) is 16.1. The van der Waals surface area contributed by atoms with Crippen LogP contribution in [0.2, 0.25) is 0 Å². The molecule has 0 aliphatic heterocycles. The van der Waals surface area contributed by atoms with Gasteiger partial charge in [-0.05, 0) is 44.3 Å². The lowest BCUT2D eigenvalue weighted by Crippen LogP contribution is -2.24. The molecule has 4 heteroatoms. The molecule has 1 fully saturated rings. The highest BCUT2D eigenvalue weighted by Gasteiger charge is 2.17. The van der Waals surface area contributed by atoms with E-state index in [1.165, 1.54) is 31.2 Å². The lowest BCUT2D eigenvalue weighted by Gasteiger charge is -2.17. The Morgan fingerprint density at radius 2 is 1.94 bits per heavy atom. The van der Waals surface area contributed by atoms with Crippen LogP contribution in [-0.2, 0) is 0 Å². The fraction of sp³-hybridized carbons (Fsp3) is 0.714. The van der Waals surface area contributed by atoms with E-state index in [-0.39, 0.29) is 0 Å². The van der Waals surface area contributed by atoms with Gasteiger partial charge in [0.25, 0.3) is 0 Å². The average Bonchev–Trinajstić information content (AvgIpc) is 2.93. The Bertz CT molecular complexity index is 343. The average molecular weight is 248 g/mol. The van der Waals surface area contributed by atoms with Crippen LogP contribution in [0.3, 0.4) is 0 Å². The second-order valence-corrected chi connectivity index (χ2v) is 5.18. The van der Waals surface area contributed by atoms with Crippen molar-refractivity contribution in [2.24, 2.45) is 0 Å². The maximum absolute atomic E-state index is 4.50. The quantitative estimate of drug-likeness (QED) is 0.783. The zero-order valence-corrected chi connectivity index (χ0v) is 11.5. The smallest absolute Gasteiger partial charge is 0.224 e. The molecule has 1 heterocycles. The molecule has 1 saturated carbocycles. The highest BCUT2D eigenvalue weighted by atomic mass is 15.2. The summed E-state index contributed by atoms with van der Waals surface area (Å²) in [4.78, 5) is 11.1. The van der Waals surface area contributed by atoms with Gasteiger partial charge in [-0.1, -0.05) is 12.8 Å². The van der Waals surface area contributed by atoms with E-state index in [0.29, 0.717) is 5.92 Å². The van der Waals surface area contributed by atoms with Crippen molar-refractivity contribution in [1.82, 2.24) is 15.3 Å². The van der Waals surface area contributed by atoms with Crippen molar-refractivity contribution in [3.63, 3.8) is 0 Å². The summed E-state index contributed by atoms with van der Waals surface area (Å²) in [5, 5.41) is 3.15. The first-order valence-electron chi connectivity index (χ1n) is 6.99. The number of hydrogen-bond acceptors (Lipinski definition) is 4. The molecule has 0 atom stereocenters. The molecule has 0 saturated heterocycles. The van der Waals surface area contributed by atoms with Crippen molar-refractivity contribution in [3.05, 3.63) is 18.0 Å². The second-order valence-electron chi connectivity index (χ2n) is 5.18. The molecule has 1 aromatic rings. The van der Waals surface area contributed by atoms with Gasteiger partial charge in [0.05, 0.1) is 0 Å². The molecule has 0 bridgehead atoms. The first-order valence-corrected chi connectivity index (χ1v) is 6.99. The van der Waals surface area contributed by atoms with Crippen molar-refractivity contribution in [1.29, 1.82) is 0 Å². The van der Waals surface area contributed by atoms with E-state index in [1.54, 1.807) is 0 Å². The molecule has 18 heavy (non-hydrogen) atoms. The largest absolute Gasteiger partial charge is 0.344 e. The predicted molar refractivity (Wildman–Crippen MR) is 75.1 cm³/mol. The molecule has 4 nitrogen and oxygen atoms in total. The summed E-state index contributed by atoms with van der Waals surface area (Å²) in [5.41, 5.74) is 1.32. The Balaban J connectivity index is 1.89. The summed E-state index contributed by atoms with van der Waals surface area (Å²) in [6, 6.07) is 0. The SMILES string of the molecule is CNCCCN(C)c1ncc(C2CCCC2)cn1. The van der Waals surface area contributed by atoms with E-state index in [4.69, 9.17) is 0 Å². The maximum Gasteiger partial charge on any atom is 0.224 e. The number of hydrogen-bond donors (Lipinski definition) is 1. The molecule has 1 aromatic heterocycles. The maximum atomic E-state index is 4.50. The lowest BCUT2D eigenvalue weighted by molar-refractivity contribution is 0.695. The summed E-state index contributed by atoms with van der Waals surface area (Å²) >= 11 is 0. The van der Waals surface area contributed by atoms with Gasteiger partial charge >= 0.3 is 0 Å². The standard InChI is InChI=1S/C14H24N4/c1-15-8-5-9-18(2)14-16-10-13(11-17-14)12-6-3-4-7-12/h10-12,15H,3-9H2,1-2H3. The number of nitrogens with zero attached hydrogens (tertiary/aromatic N) is 3. The van der Waals surface area contributed by atoms with Gasteiger partial charge in [-0.25, -0.2) is 9.97 Å². The van der Waals surface area contributed by atoms with Crippen molar-refractivity contribution in [3.8, 4) is 0 Å². The van der Waals surface area contributed by atoms with Crippen molar-refractivity contribution in [2.45, 2.75) is 38.0 Å². The molecule has 1 aliphatic carbocycles. The van der Waals surface area contributed by atoms with Crippen LogP contribution in [0.25, 0.3) is 0 Å². The Morgan fingerprint density at radius 1 is 1.28 bits per heavy atom. The number of aromatic nitrogens is 2. The van der Waals surface area contributed by atoms with E-state index in [9.17, 15) is 0 Å². The van der Waals surface area contributed by atoms with Crippen LogP contribution in [0.15, 0.2) is 12.4 Å². The minimum absolute atomic E-state index is 0.702. The molecular weight excluding hydrogens is 224 g/mol. The summed E-state index contributed by atoms with van der Waals surface area (Å²) in [6.07, 6.45) is 10.5. The van der Waals surface area contributed by atoms with Gasteiger partial charge in [-0.15, -0.1) is 0 Å². The second kappa shape index (κ2) is 6.69. The van der Waals surface area contributed by atoms with Crippen molar-refractivity contribution in [2.75, 3.05) is 32.1 Å². The Morgan fingerprint density at radius 3 is 2.56 bits per heavy atom. The van der Waals surface area contributed by atoms with E-state index >= 15 is 0 Å². The molecule has 0 unspecified atom stereocenters. The van der Waals surface area contributed by atoms with Gasteiger partial charge in [0.2, 0.25) is 5.95 Å². The van der Waals surface area contributed by atoms with Crippen molar-refractivity contribution < 1.29 is 0 Å². The van der Waals surface area contributed by atoms with Crippen LogP contribution >= 0.6 is 0 Å². The number of anilines is 1. The first-order chi connectivity index (χ1) is 8.81. The van der Waals surface area contributed by atoms with Gasteiger partial charge in [-0.3, -0.25) is 0 Å². The van der Waals surface area contributed by atoms with Gasteiger partial charge in [0, 0.05) is 26.0 Å². The van der Waals surface area contributed by atoms with Crippen molar-refractivity contribution >= 4 is 5.95 Å². The van der Waals surface area contributed by atoms with Crippen LogP contribution in [-0.4, -0.2) is 37.2 Å². The number of rotatable bonds is 6. The van der Waals surface area contributed by atoms with E-state index in [0.717, 1.165) is 25.5 Å². The summed E-state index contributed by atoms with van der Waals surface area (Å²) < 4.78 is 0. The highest BCUT2D eigenvalue weighted by molar-refractivity contribution is 5.29. The van der Waals surface area contributed by atoms with Gasteiger partial charge in [0.1, 0.15) is 0 Å². The Hall–Kier alpha value is -1.16. The molecule has 1 aliphatic rings. The third-order valence-electron chi connectivity index (χ3n) is 3.75. The van der Waals surface area contributed by atoms with Gasteiger partial charge in [0.15, 0.2) is 0 Å². The van der Waals surface area contributed by atoms with Crippen LogP contribution in [0.5, 0.6) is 0 Å². The van der Waals surface area contributed by atoms with Gasteiger partial charge < -0.3 is 10.2 Å². The topological polar surface area (TPSA) is 41.0 Å². The van der Waals surface area contributed by atoms with E-state index in [1.807, 2.05) is 19.4 Å². The van der Waals surface area contributed by atoms with Crippen LogP contribution in [0.1, 0.15) is 43.6 Å². The zero-order valence-electron chi connectivity index (χ0n) is 11.5. The molecular formula is C14H24N4. The zero-order chi connectivity index (χ0) is 12.8. The van der Waals surface area contributed by atoms with Gasteiger partial charge in [-0.2, -0.15) is 0 Å². The van der Waals surface area contributed by atoms with E-state index < -0.39 is 0 Å². The monoisotopic (exact) mass is 248 g/mol. The molecule has 0 amide bonds. The highest BCUT2D eigenvalue weighted by Crippen LogP contribution is 2.33. The predicted octanol–water partition coefficient (Wildman–Crippen LogP) is 2.18. The minimum atomic E-state index is 0.702. The molecule has 0 aromatic carbocycles. The summed E-state index contributed by atoms with van der Waals surface area (Å²) in [7, 11) is 4.03. The number of nitrogens with one attached hydrogen (secondary N) is 1. The third kappa shape index (κ3) is 3.42. The van der Waals surface area contributed by atoms with Crippen LogP contribution in [0.4, 0.5) is 5.95 Å². The molecule has 0 radical (unpaired) electrons. The molecule has 0 spiro atoms. The fourth-order valence-electron chi connectivity index (χ4n) is 2.59. The molecule has 100 valence electrons.